The van der Waals surface area contributed by atoms with Gasteiger partial charge in [-0.25, -0.2) is 46.9 Å². The maximum Gasteiger partial charge on any atom is 0.229 e. The average Bonchev–Trinajstić information content (AvgIpc) is 4.16. The van der Waals surface area contributed by atoms with Crippen LogP contribution in [0.1, 0.15) is 70.0 Å². The number of anilines is 6. The molecule has 68 heavy (non-hydrogen) atoms. The highest BCUT2D eigenvalue weighted by molar-refractivity contribution is 5.66. The van der Waals surface area contributed by atoms with Crippen LogP contribution in [0.3, 0.4) is 0 Å². The molecule has 0 radical (unpaired) electrons. The Hall–Kier alpha value is -8.16. The number of benzene rings is 4. The largest absolute Gasteiger partial charge is 0.494 e. The summed E-state index contributed by atoms with van der Waals surface area (Å²) < 4.78 is 70.4. The van der Waals surface area contributed by atoms with E-state index in [1.807, 2.05) is 50.2 Å². The molecule has 0 bridgehead atoms. The van der Waals surface area contributed by atoms with Gasteiger partial charge in [-0.3, -0.25) is 0 Å². The van der Waals surface area contributed by atoms with E-state index in [0.717, 1.165) is 46.0 Å². The molecule has 348 valence electrons. The van der Waals surface area contributed by atoms with E-state index < -0.39 is 23.3 Å². The Balaban J connectivity index is 0.000000170. The predicted octanol–water partition coefficient (Wildman–Crippen LogP) is 9.03. The molecule has 4 aromatic carbocycles. The summed E-state index contributed by atoms with van der Waals surface area (Å²) in [6.45, 7) is 3.63. The van der Waals surface area contributed by atoms with Gasteiger partial charge in [0.15, 0.2) is 0 Å². The van der Waals surface area contributed by atoms with Crippen LogP contribution in [-0.2, 0) is 12.8 Å². The van der Waals surface area contributed by atoms with Crippen LogP contribution in [0, 0.1) is 37.1 Å². The van der Waals surface area contributed by atoms with Crippen LogP contribution < -0.4 is 30.7 Å². The zero-order valence-corrected chi connectivity index (χ0v) is 37.9. The van der Waals surface area contributed by atoms with Crippen LogP contribution in [0.15, 0.2) is 85.5 Å². The van der Waals surface area contributed by atoms with Gasteiger partial charge in [-0.05, 0) is 87.1 Å². The highest BCUT2D eigenvalue weighted by atomic mass is 19.1. The first-order valence-electron chi connectivity index (χ1n) is 21.7. The van der Waals surface area contributed by atoms with E-state index in [9.17, 15) is 17.6 Å². The van der Waals surface area contributed by atoms with Crippen molar-refractivity contribution in [1.82, 2.24) is 49.5 Å². The van der Waals surface area contributed by atoms with E-state index in [2.05, 4.69) is 51.4 Å². The van der Waals surface area contributed by atoms with E-state index in [0.29, 0.717) is 94.9 Å². The van der Waals surface area contributed by atoms with Crippen molar-refractivity contribution < 1.29 is 27.0 Å². The SMILES string of the molecule is CNc1nc(Nc2ccc(-n3cnc(C)n3)c(OC)c2)nc2c1CC[C@@H]2c1ccc(F)cc1F.CNc1nc(Nc2ccc(-n3cnc(C)n3)c(OC)c2)nc2c1CC[C@H]2c1ccc(F)cc1F. The zero-order chi connectivity index (χ0) is 47.6. The van der Waals surface area contributed by atoms with Crippen LogP contribution in [0.2, 0.25) is 0 Å². The minimum Gasteiger partial charge on any atom is -0.494 e. The van der Waals surface area contributed by atoms with Crippen molar-refractivity contribution in [3.8, 4) is 22.9 Å². The molecule has 10 rings (SSSR count). The maximum absolute atomic E-state index is 14.5. The first-order valence-corrected chi connectivity index (χ1v) is 21.7. The number of aryl methyl sites for hydroxylation is 2. The Bertz CT molecular complexity index is 2950. The molecule has 0 amide bonds. The summed E-state index contributed by atoms with van der Waals surface area (Å²) in [5, 5.41) is 21.3. The smallest absolute Gasteiger partial charge is 0.229 e. The van der Waals surface area contributed by atoms with Crippen LogP contribution in [0.4, 0.5) is 52.5 Å². The van der Waals surface area contributed by atoms with E-state index in [-0.39, 0.29) is 11.8 Å². The van der Waals surface area contributed by atoms with Gasteiger partial charge >= 0.3 is 0 Å². The van der Waals surface area contributed by atoms with Gasteiger partial charge in [-0.15, -0.1) is 0 Å². The first kappa shape index (κ1) is 45.0. The van der Waals surface area contributed by atoms with Crippen LogP contribution in [0.5, 0.6) is 11.5 Å². The number of ether oxygens (including phenoxy) is 2. The topological polar surface area (TPSA) is 180 Å². The third-order valence-corrected chi connectivity index (χ3v) is 11.8. The molecular formula is C48H46F4N14O2. The molecule has 4 aromatic heterocycles. The normalized spacial score (nSPS) is 14.7. The molecule has 0 saturated carbocycles. The third-order valence-electron chi connectivity index (χ3n) is 11.8. The summed E-state index contributed by atoms with van der Waals surface area (Å²) in [7, 11) is 6.74. The van der Waals surface area contributed by atoms with E-state index >= 15 is 0 Å². The first-order chi connectivity index (χ1) is 32.9. The van der Waals surface area contributed by atoms with Gasteiger partial charge in [0.25, 0.3) is 0 Å². The fraction of sp³-hybridized carbons (Fsp3) is 0.250. The van der Waals surface area contributed by atoms with Gasteiger partial charge in [-0.2, -0.15) is 20.2 Å². The van der Waals surface area contributed by atoms with Crippen molar-refractivity contribution in [1.29, 1.82) is 0 Å². The van der Waals surface area contributed by atoms with Crippen LogP contribution in [-0.4, -0.2) is 77.8 Å². The lowest BCUT2D eigenvalue weighted by Crippen LogP contribution is -2.09. The summed E-state index contributed by atoms with van der Waals surface area (Å²) in [6.07, 6.45) is 5.99. The lowest BCUT2D eigenvalue weighted by atomic mass is 9.96. The van der Waals surface area contributed by atoms with E-state index in [1.165, 1.54) is 24.3 Å². The van der Waals surface area contributed by atoms with Crippen LogP contribution in [0.25, 0.3) is 11.4 Å². The van der Waals surface area contributed by atoms with Crippen molar-refractivity contribution in [3.05, 3.63) is 154 Å². The van der Waals surface area contributed by atoms with E-state index in [4.69, 9.17) is 19.4 Å². The summed E-state index contributed by atoms with van der Waals surface area (Å²) in [5.74, 6) is 1.69. The fourth-order valence-electron chi connectivity index (χ4n) is 8.69. The molecule has 2 aliphatic rings. The summed E-state index contributed by atoms with van der Waals surface area (Å²) >= 11 is 0. The standard InChI is InChI=1S/2C24H23F2N7O/c2*1-13-28-12-33(32-13)20-9-5-15(11-21(20)34-3)29-24-30-22-17(7-8-18(22)23(27-2)31-24)16-6-4-14(25)10-19(16)26/h2*4-6,9-12,17H,7-8H2,1-3H3,(H2,27,29,30,31)/t2*17-/m10/s1. The Labute approximate surface area is 388 Å². The maximum atomic E-state index is 14.5. The quantitative estimate of drug-likeness (QED) is 0.0853. The van der Waals surface area contributed by atoms with Crippen molar-refractivity contribution in [2.45, 2.75) is 51.4 Å². The number of fused-ring (bicyclic) bond motifs is 2. The van der Waals surface area contributed by atoms with Gasteiger partial charge in [0.1, 0.15) is 82.1 Å². The van der Waals surface area contributed by atoms with Crippen molar-refractivity contribution in [2.24, 2.45) is 0 Å². The minimum absolute atomic E-state index is 0.279. The molecule has 4 N–H and O–H groups in total. The second kappa shape index (κ2) is 19.0. The monoisotopic (exact) mass is 926 g/mol. The Kier molecular flexibility index (Phi) is 12.6. The van der Waals surface area contributed by atoms with Crippen LogP contribution >= 0.6 is 0 Å². The lowest BCUT2D eigenvalue weighted by Gasteiger charge is -2.16. The van der Waals surface area contributed by atoms with Crippen molar-refractivity contribution >= 4 is 34.9 Å². The Morgan fingerprint density at radius 1 is 0.559 bits per heavy atom. The molecule has 4 heterocycles. The fourth-order valence-corrected chi connectivity index (χ4v) is 8.69. The molecule has 8 aromatic rings. The lowest BCUT2D eigenvalue weighted by molar-refractivity contribution is 0.412. The summed E-state index contributed by atoms with van der Waals surface area (Å²) in [4.78, 5) is 27.0. The highest BCUT2D eigenvalue weighted by Gasteiger charge is 2.33. The van der Waals surface area contributed by atoms with Gasteiger partial charge in [-0.1, -0.05) is 12.1 Å². The van der Waals surface area contributed by atoms with E-state index in [1.54, 1.807) is 50.3 Å². The second-order valence-corrected chi connectivity index (χ2v) is 16.0. The Morgan fingerprint density at radius 2 is 0.985 bits per heavy atom. The molecule has 0 fully saturated rings. The number of hydrogen-bond acceptors (Lipinski definition) is 14. The molecular weight excluding hydrogens is 881 g/mol. The van der Waals surface area contributed by atoms with Crippen molar-refractivity contribution in [3.63, 3.8) is 0 Å². The number of halogens is 4. The van der Waals surface area contributed by atoms with Crippen molar-refractivity contribution in [2.75, 3.05) is 49.6 Å². The highest BCUT2D eigenvalue weighted by Crippen LogP contribution is 2.43. The number of nitrogens with zero attached hydrogens (tertiary/aromatic N) is 10. The Morgan fingerprint density at radius 3 is 1.34 bits per heavy atom. The minimum atomic E-state index is -0.598. The summed E-state index contributed by atoms with van der Waals surface area (Å²) in [6, 6.07) is 18.5. The molecule has 0 saturated heterocycles. The van der Waals surface area contributed by atoms with Gasteiger partial charge < -0.3 is 30.7 Å². The molecule has 0 unspecified atom stereocenters. The molecule has 2 aliphatic carbocycles. The predicted molar refractivity (Wildman–Crippen MR) is 248 cm³/mol. The molecule has 16 nitrogen and oxygen atoms in total. The second-order valence-electron chi connectivity index (χ2n) is 16.0. The zero-order valence-electron chi connectivity index (χ0n) is 37.9. The van der Waals surface area contributed by atoms with Gasteiger partial charge in [0, 0.05) is 72.7 Å². The number of hydrogen-bond donors (Lipinski definition) is 4. The third kappa shape index (κ3) is 9.03. The number of aromatic nitrogens is 10. The summed E-state index contributed by atoms with van der Waals surface area (Å²) in [5.41, 5.74) is 7.11. The number of rotatable bonds is 12. The molecule has 0 spiro atoms. The molecule has 0 aliphatic heterocycles. The van der Waals surface area contributed by atoms with Gasteiger partial charge in [0.2, 0.25) is 11.9 Å². The number of nitrogens with one attached hydrogen (secondary N) is 4. The molecule has 20 heteroatoms. The molecule has 2 atom stereocenters. The number of methoxy groups -OCH3 is 2. The van der Waals surface area contributed by atoms with Gasteiger partial charge in [0.05, 0.1) is 25.6 Å². The average molecular weight is 927 g/mol.